The van der Waals surface area contributed by atoms with Crippen LogP contribution in [0.2, 0.25) is 0 Å². The lowest BCUT2D eigenvalue weighted by Gasteiger charge is -2.22. The Labute approximate surface area is 185 Å². The number of carbonyl (C=O) groups excluding carboxylic acids is 1. The van der Waals surface area contributed by atoms with Crippen LogP contribution in [0.25, 0.3) is 5.69 Å². The SMILES string of the molecule is Cc1nn(-c2ccccc2)c(C)c1CCC(=O)Nc1ccc(N2CCCCCC2)cc1. The third-order valence-corrected chi connectivity index (χ3v) is 6.17. The summed E-state index contributed by atoms with van der Waals surface area (Å²) in [5.74, 6) is 0.0359. The molecule has 1 amide bonds. The van der Waals surface area contributed by atoms with E-state index in [1.165, 1.54) is 31.4 Å². The Balaban J connectivity index is 1.35. The number of benzene rings is 2. The van der Waals surface area contributed by atoms with Gasteiger partial charge in [0.1, 0.15) is 0 Å². The van der Waals surface area contributed by atoms with Crippen molar-refractivity contribution in [1.82, 2.24) is 9.78 Å². The average Bonchev–Trinajstić information content (AvgIpc) is 2.95. The zero-order chi connectivity index (χ0) is 21.6. The van der Waals surface area contributed by atoms with Crippen molar-refractivity contribution in [2.24, 2.45) is 0 Å². The molecule has 0 aliphatic carbocycles. The van der Waals surface area contributed by atoms with Crippen molar-refractivity contribution in [3.05, 3.63) is 71.5 Å². The topological polar surface area (TPSA) is 50.2 Å². The van der Waals surface area contributed by atoms with Gasteiger partial charge < -0.3 is 10.2 Å². The number of nitrogens with one attached hydrogen (secondary N) is 1. The summed E-state index contributed by atoms with van der Waals surface area (Å²) in [7, 11) is 0. The molecule has 0 atom stereocenters. The maximum absolute atomic E-state index is 12.6. The fourth-order valence-electron chi connectivity index (χ4n) is 4.40. The third-order valence-electron chi connectivity index (χ3n) is 6.17. The Hall–Kier alpha value is -3.08. The van der Waals surface area contributed by atoms with Crippen molar-refractivity contribution in [2.75, 3.05) is 23.3 Å². The molecular formula is C26H32N4O. The molecule has 5 heteroatoms. The molecule has 162 valence electrons. The maximum Gasteiger partial charge on any atom is 0.224 e. The minimum atomic E-state index is 0.0359. The minimum Gasteiger partial charge on any atom is -0.372 e. The highest BCUT2D eigenvalue weighted by Crippen LogP contribution is 2.22. The maximum atomic E-state index is 12.6. The van der Waals surface area contributed by atoms with Gasteiger partial charge in [-0.2, -0.15) is 5.10 Å². The predicted octanol–water partition coefficient (Wildman–Crippen LogP) is 5.44. The monoisotopic (exact) mass is 416 g/mol. The number of hydrogen-bond donors (Lipinski definition) is 1. The van der Waals surface area contributed by atoms with Gasteiger partial charge >= 0.3 is 0 Å². The van der Waals surface area contributed by atoms with E-state index in [1.807, 2.05) is 54.1 Å². The van der Waals surface area contributed by atoms with Crippen molar-refractivity contribution in [1.29, 1.82) is 0 Å². The summed E-state index contributed by atoms with van der Waals surface area (Å²) >= 11 is 0. The van der Waals surface area contributed by atoms with Crippen molar-refractivity contribution in [2.45, 2.75) is 52.4 Å². The number of rotatable bonds is 6. The zero-order valence-electron chi connectivity index (χ0n) is 18.6. The van der Waals surface area contributed by atoms with E-state index in [-0.39, 0.29) is 5.91 Å². The molecule has 0 spiro atoms. The normalized spacial score (nSPS) is 14.3. The van der Waals surface area contributed by atoms with Gasteiger partial charge in [-0.15, -0.1) is 0 Å². The average molecular weight is 417 g/mol. The summed E-state index contributed by atoms with van der Waals surface area (Å²) in [6.45, 7) is 6.34. The zero-order valence-corrected chi connectivity index (χ0v) is 18.6. The molecule has 1 saturated heterocycles. The molecule has 1 aromatic heterocycles. The largest absolute Gasteiger partial charge is 0.372 e. The highest BCUT2D eigenvalue weighted by Gasteiger charge is 2.15. The minimum absolute atomic E-state index is 0.0359. The van der Waals surface area contributed by atoms with Crippen LogP contribution in [-0.2, 0) is 11.2 Å². The molecule has 0 bridgehead atoms. The van der Waals surface area contributed by atoms with Crippen LogP contribution in [0.5, 0.6) is 0 Å². The van der Waals surface area contributed by atoms with Gasteiger partial charge in [-0.05, 0) is 75.1 Å². The summed E-state index contributed by atoms with van der Waals surface area (Å²) in [6.07, 6.45) is 6.30. The van der Waals surface area contributed by atoms with E-state index >= 15 is 0 Å². The number of nitrogens with zero attached hydrogens (tertiary/aromatic N) is 3. The van der Waals surface area contributed by atoms with E-state index in [9.17, 15) is 4.79 Å². The first-order chi connectivity index (χ1) is 15.1. The molecule has 2 heterocycles. The highest BCUT2D eigenvalue weighted by molar-refractivity contribution is 5.91. The van der Waals surface area contributed by atoms with Gasteiger partial charge in [-0.3, -0.25) is 4.79 Å². The number of aromatic nitrogens is 2. The van der Waals surface area contributed by atoms with Gasteiger partial charge in [0, 0.05) is 36.6 Å². The van der Waals surface area contributed by atoms with Crippen molar-refractivity contribution in [3.8, 4) is 5.69 Å². The molecule has 3 aromatic rings. The van der Waals surface area contributed by atoms with Gasteiger partial charge in [0.25, 0.3) is 0 Å². The number of para-hydroxylation sites is 1. The summed E-state index contributed by atoms with van der Waals surface area (Å²) in [5.41, 5.74) is 6.38. The van der Waals surface area contributed by atoms with Crippen molar-refractivity contribution >= 4 is 17.3 Å². The van der Waals surface area contributed by atoms with Gasteiger partial charge in [0.15, 0.2) is 0 Å². The lowest BCUT2D eigenvalue weighted by molar-refractivity contribution is -0.116. The number of carbonyl (C=O) groups is 1. The van der Waals surface area contributed by atoms with Gasteiger partial charge in [0.05, 0.1) is 11.4 Å². The van der Waals surface area contributed by atoms with Crippen LogP contribution in [-0.4, -0.2) is 28.8 Å². The van der Waals surface area contributed by atoms with E-state index in [4.69, 9.17) is 0 Å². The fraction of sp³-hybridized carbons (Fsp3) is 0.385. The highest BCUT2D eigenvalue weighted by atomic mass is 16.1. The molecule has 0 radical (unpaired) electrons. The van der Waals surface area contributed by atoms with Crippen molar-refractivity contribution in [3.63, 3.8) is 0 Å². The van der Waals surface area contributed by atoms with E-state index in [0.29, 0.717) is 12.8 Å². The smallest absolute Gasteiger partial charge is 0.224 e. The first kappa shape index (κ1) is 21.2. The van der Waals surface area contributed by atoms with Gasteiger partial charge in [-0.25, -0.2) is 4.68 Å². The molecule has 5 nitrogen and oxygen atoms in total. The Kier molecular flexibility index (Phi) is 6.70. The number of anilines is 2. The quantitative estimate of drug-likeness (QED) is 0.582. The molecule has 1 N–H and O–H groups in total. The third kappa shape index (κ3) is 5.16. The fourth-order valence-corrected chi connectivity index (χ4v) is 4.40. The summed E-state index contributed by atoms with van der Waals surface area (Å²) < 4.78 is 1.96. The Morgan fingerprint density at radius 1 is 0.903 bits per heavy atom. The van der Waals surface area contributed by atoms with Crippen LogP contribution < -0.4 is 10.2 Å². The molecule has 2 aromatic carbocycles. The summed E-state index contributed by atoms with van der Waals surface area (Å²) in [4.78, 5) is 15.0. The van der Waals surface area contributed by atoms with Crippen LogP contribution in [0.3, 0.4) is 0 Å². The van der Waals surface area contributed by atoms with E-state index in [1.54, 1.807) is 0 Å². The molecule has 1 aliphatic heterocycles. The second kappa shape index (κ2) is 9.82. The first-order valence-corrected chi connectivity index (χ1v) is 11.4. The van der Waals surface area contributed by atoms with Crippen LogP contribution in [0.4, 0.5) is 11.4 Å². The number of hydrogen-bond acceptors (Lipinski definition) is 3. The van der Waals surface area contributed by atoms with E-state index in [2.05, 4.69) is 34.4 Å². The lowest BCUT2D eigenvalue weighted by atomic mass is 10.1. The van der Waals surface area contributed by atoms with Gasteiger partial charge in [0.2, 0.25) is 5.91 Å². The first-order valence-electron chi connectivity index (χ1n) is 11.4. The second-order valence-electron chi connectivity index (χ2n) is 8.39. The summed E-state index contributed by atoms with van der Waals surface area (Å²) in [5, 5.41) is 7.73. The van der Waals surface area contributed by atoms with Crippen LogP contribution in [0.1, 0.15) is 49.1 Å². The predicted molar refractivity (Wildman–Crippen MR) is 127 cm³/mol. The second-order valence-corrected chi connectivity index (χ2v) is 8.39. The Bertz CT molecular complexity index is 1000. The molecule has 0 unspecified atom stereocenters. The molecule has 4 rings (SSSR count). The van der Waals surface area contributed by atoms with Crippen molar-refractivity contribution < 1.29 is 4.79 Å². The Morgan fingerprint density at radius 3 is 2.26 bits per heavy atom. The Morgan fingerprint density at radius 2 is 1.58 bits per heavy atom. The van der Waals surface area contributed by atoms with E-state index < -0.39 is 0 Å². The summed E-state index contributed by atoms with van der Waals surface area (Å²) in [6, 6.07) is 18.4. The van der Waals surface area contributed by atoms with Crippen LogP contribution >= 0.6 is 0 Å². The van der Waals surface area contributed by atoms with Crippen LogP contribution in [0.15, 0.2) is 54.6 Å². The molecule has 1 fully saturated rings. The lowest BCUT2D eigenvalue weighted by Crippen LogP contribution is -2.23. The molecule has 0 saturated carbocycles. The van der Waals surface area contributed by atoms with Crippen LogP contribution in [0, 0.1) is 13.8 Å². The van der Waals surface area contributed by atoms with E-state index in [0.717, 1.165) is 41.4 Å². The molecular weight excluding hydrogens is 384 g/mol. The molecule has 31 heavy (non-hydrogen) atoms. The molecule has 1 aliphatic rings. The standard InChI is InChI=1S/C26H32N4O/c1-20-25(21(2)30(28-20)24-10-6-5-7-11-24)16-17-26(31)27-22-12-14-23(15-13-22)29-18-8-3-4-9-19-29/h5-7,10-15H,3-4,8-9,16-19H2,1-2H3,(H,27,31). The van der Waals surface area contributed by atoms with Gasteiger partial charge in [-0.1, -0.05) is 31.0 Å². The number of aryl methyl sites for hydroxylation is 1. The number of amides is 1.